The van der Waals surface area contributed by atoms with Crippen LogP contribution < -0.4 is 13.6 Å². The molecule has 0 fully saturated rings. The molecule has 0 saturated heterocycles. The van der Waals surface area contributed by atoms with Crippen molar-refractivity contribution >= 4 is 50.9 Å². The monoisotopic (exact) mass is 395 g/mol. The van der Waals surface area contributed by atoms with Gasteiger partial charge in [-0.3, -0.25) is 0 Å². The first-order chi connectivity index (χ1) is 10.6. The Morgan fingerprint density at radius 1 is 0.864 bits per heavy atom. The Morgan fingerprint density at radius 2 is 1.59 bits per heavy atom. The molecule has 3 aromatic rings. The van der Waals surface area contributed by atoms with Crippen LogP contribution in [0.4, 0.5) is 5.69 Å². The van der Waals surface area contributed by atoms with Crippen LogP contribution in [-0.4, -0.2) is 23.4 Å². The molecule has 0 spiro atoms. The Hall–Kier alpha value is -1.59. The summed E-state index contributed by atoms with van der Waals surface area (Å²) in [4.78, 5) is 0. The topological polar surface area (TPSA) is 46.2 Å². The number of sulfonamides is 1. The van der Waals surface area contributed by atoms with Gasteiger partial charge in [-0.1, -0.05) is 0 Å². The summed E-state index contributed by atoms with van der Waals surface area (Å²) < 4.78 is 30.0. The summed E-state index contributed by atoms with van der Waals surface area (Å²) in [6.07, 6.45) is 0. The molecule has 6 heteroatoms. The molecule has 22 heavy (non-hydrogen) atoms. The van der Waals surface area contributed by atoms with Gasteiger partial charge in [0.15, 0.2) is 0 Å². The summed E-state index contributed by atoms with van der Waals surface area (Å²) in [6, 6.07) is 21.0. The van der Waals surface area contributed by atoms with Crippen LogP contribution in [0.1, 0.15) is 0 Å². The molecule has 1 heterocycles. The molecule has 0 unspecified atom stereocenters. The van der Waals surface area contributed by atoms with Gasteiger partial charge in [-0.2, -0.15) is 0 Å². The Balaban J connectivity index is 1.89. The maximum absolute atomic E-state index is 12.4. The first kappa shape index (κ1) is 15.3. The zero-order valence-corrected chi connectivity index (χ0v) is 14.8. The van der Waals surface area contributed by atoms with Crippen LogP contribution in [0.3, 0.4) is 0 Å². The van der Waals surface area contributed by atoms with E-state index in [4.69, 9.17) is 0 Å². The van der Waals surface area contributed by atoms with E-state index in [1.165, 1.54) is 15.8 Å². The summed E-state index contributed by atoms with van der Waals surface area (Å²) >= 11 is 1.27. The van der Waals surface area contributed by atoms with Gasteiger partial charge in [0.2, 0.25) is 0 Å². The molecule has 0 bridgehead atoms. The molecule has 0 amide bonds. The van der Waals surface area contributed by atoms with E-state index in [-0.39, 0.29) is 15.0 Å². The van der Waals surface area contributed by atoms with Crippen molar-refractivity contribution in [2.75, 3.05) is 4.72 Å². The molecule has 0 atom stereocenters. The van der Waals surface area contributed by atoms with Gasteiger partial charge in [0.05, 0.1) is 0 Å². The van der Waals surface area contributed by atoms with E-state index in [1.54, 1.807) is 17.5 Å². The predicted molar refractivity (Wildman–Crippen MR) is 93.0 cm³/mol. The number of anilines is 1. The number of rotatable bonds is 5. The standard InChI is InChI=1S/C16H13NO2S2Se/c18-21(19,16-11-6-12-20-16)17-14-9-4-5-10-15(14)22-13-7-2-1-3-8-13/h1-12,17H. The van der Waals surface area contributed by atoms with Crippen molar-refractivity contribution in [1.82, 2.24) is 0 Å². The maximum atomic E-state index is 12.4. The van der Waals surface area contributed by atoms with E-state index >= 15 is 0 Å². The third kappa shape index (κ3) is 3.59. The number of benzene rings is 2. The van der Waals surface area contributed by atoms with Crippen LogP contribution in [0.5, 0.6) is 0 Å². The number of para-hydroxylation sites is 1. The number of hydrogen-bond acceptors (Lipinski definition) is 3. The van der Waals surface area contributed by atoms with Crippen LogP contribution in [0.2, 0.25) is 0 Å². The van der Waals surface area contributed by atoms with Crippen LogP contribution in [0.15, 0.2) is 76.3 Å². The molecule has 3 nitrogen and oxygen atoms in total. The van der Waals surface area contributed by atoms with Crippen molar-refractivity contribution in [2.24, 2.45) is 0 Å². The average molecular weight is 394 g/mol. The minimum absolute atomic E-state index is 0.0514. The average Bonchev–Trinajstić information content (AvgIpc) is 3.05. The molecule has 0 radical (unpaired) electrons. The second kappa shape index (κ2) is 6.67. The molecule has 1 aromatic heterocycles. The second-order valence-electron chi connectivity index (χ2n) is 4.45. The molecule has 0 aliphatic carbocycles. The van der Waals surface area contributed by atoms with Crippen molar-refractivity contribution in [3.05, 3.63) is 72.1 Å². The van der Waals surface area contributed by atoms with Crippen molar-refractivity contribution in [2.45, 2.75) is 4.21 Å². The summed E-state index contributed by atoms with van der Waals surface area (Å²) in [7, 11) is -3.51. The quantitative estimate of drug-likeness (QED) is 0.675. The fraction of sp³-hybridized carbons (Fsp3) is 0. The van der Waals surface area contributed by atoms with E-state index < -0.39 is 10.0 Å². The van der Waals surface area contributed by atoms with Crippen molar-refractivity contribution < 1.29 is 8.42 Å². The second-order valence-corrected chi connectivity index (χ2v) is 9.65. The number of hydrogen-bond donors (Lipinski definition) is 1. The summed E-state index contributed by atoms with van der Waals surface area (Å²) in [5.74, 6) is 0. The Morgan fingerprint density at radius 3 is 2.32 bits per heavy atom. The van der Waals surface area contributed by atoms with Gasteiger partial charge in [-0.15, -0.1) is 0 Å². The van der Waals surface area contributed by atoms with Gasteiger partial charge in [0.25, 0.3) is 0 Å². The van der Waals surface area contributed by atoms with Crippen molar-refractivity contribution in [3.8, 4) is 0 Å². The number of nitrogens with one attached hydrogen (secondary N) is 1. The first-order valence-electron chi connectivity index (χ1n) is 6.53. The van der Waals surface area contributed by atoms with E-state index in [0.717, 1.165) is 4.46 Å². The molecule has 1 N–H and O–H groups in total. The molecular formula is C16H13NO2S2Se. The number of thiophene rings is 1. The SMILES string of the molecule is O=S(=O)(Nc1ccccc1[Se]c1ccccc1)c1cccs1. The summed E-state index contributed by atoms with van der Waals surface area (Å²) in [5.41, 5.74) is 0.653. The van der Waals surface area contributed by atoms with E-state index in [2.05, 4.69) is 16.9 Å². The van der Waals surface area contributed by atoms with Gasteiger partial charge in [0, 0.05) is 0 Å². The molecule has 0 aliphatic heterocycles. The van der Waals surface area contributed by atoms with Gasteiger partial charge in [-0.05, 0) is 0 Å². The molecule has 3 rings (SSSR count). The van der Waals surface area contributed by atoms with Crippen LogP contribution in [0, 0.1) is 0 Å². The molecule has 0 saturated carbocycles. The molecule has 112 valence electrons. The molecule has 2 aromatic carbocycles. The predicted octanol–water partition coefficient (Wildman–Crippen LogP) is 2.20. The third-order valence-electron chi connectivity index (χ3n) is 2.86. The summed E-state index contributed by atoms with van der Waals surface area (Å²) in [6.45, 7) is 0. The van der Waals surface area contributed by atoms with Gasteiger partial charge in [0.1, 0.15) is 0 Å². The normalized spacial score (nSPS) is 11.3. The van der Waals surface area contributed by atoms with Gasteiger partial charge >= 0.3 is 140 Å². The van der Waals surface area contributed by atoms with E-state index in [1.807, 2.05) is 42.5 Å². The van der Waals surface area contributed by atoms with Crippen LogP contribution >= 0.6 is 11.3 Å². The Bertz CT molecular complexity index is 847. The zero-order chi connectivity index (χ0) is 15.4. The molecular weight excluding hydrogens is 381 g/mol. The zero-order valence-electron chi connectivity index (χ0n) is 11.5. The van der Waals surface area contributed by atoms with E-state index in [9.17, 15) is 8.42 Å². The van der Waals surface area contributed by atoms with Crippen LogP contribution in [-0.2, 0) is 10.0 Å². The minimum atomic E-state index is -3.51. The Labute approximate surface area is 140 Å². The first-order valence-corrected chi connectivity index (χ1v) is 10.6. The summed E-state index contributed by atoms with van der Waals surface area (Å²) in [5, 5.41) is 1.76. The van der Waals surface area contributed by atoms with E-state index in [0.29, 0.717) is 9.90 Å². The van der Waals surface area contributed by atoms with Gasteiger partial charge in [-0.25, -0.2) is 0 Å². The van der Waals surface area contributed by atoms with Crippen molar-refractivity contribution in [3.63, 3.8) is 0 Å². The fourth-order valence-corrected chi connectivity index (χ4v) is 6.02. The van der Waals surface area contributed by atoms with Crippen LogP contribution in [0.25, 0.3) is 0 Å². The van der Waals surface area contributed by atoms with Crippen molar-refractivity contribution in [1.29, 1.82) is 0 Å². The fourth-order valence-electron chi connectivity index (χ4n) is 1.87. The third-order valence-corrected chi connectivity index (χ3v) is 7.90. The molecule has 0 aliphatic rings. The Kier molecular flexibility index (Phi) is 4.64. The van der Waals surface area contributed by atoms with Gasteiger partial charge < -0.3 is 0 Å².